The van der Waals surface area contributed by atoms with Crippen LogP contribution in [-0.2, 0) is 20.5 Å². The van der Waals surface area contributed by atoms with Crippen molar-refractivity contribution in [1.29, 1.82) is 5.26 Å². The fraction of sp³-hybridized carbons (Fsp3) is 0.556. The van der Waals surface area contributed by atoms with Gasteiger partial charge in [-0.1, -0.05) is 18.2 Å². The minimum atomic E-state index is -3.58. The van der Waals surface area contributed by atoms with Crippen molar-refractivity contribution in [2.45, 2.75) is 45.1 Å². The maximum atomic E-state index is 12.8. The van der Waals surface area contributed by atoms with E-state index >= 15 is 0 Å². The van der Waals surface area contributed by atoms with Crippen LogP contribution in [0.3, 0.4) is 0 Å². The molecule has 1 fully saturated rings. The van der Waals surface area contributed by atoms with E-state index < -0.39 is 21.7 Å². The highest BCUT2D eigenvalue weighted by Gasteiger charge is 2.35. The monoisotopic (exact) mass is 379 g/mol. The van der Waals surface area contributed by atoms with Crippen molar-refractivity contribution in [3.05, 3.63) is 35.4 Å². The zero-order valence-corrected chi connectivity index (χ0v) is 16.4. The van der Waals surface area contributed by atoms with Gasteiger partial charge < -0.3 is 9.64 Å². The number of sulfonamides is 1. The van der Waals surface area contributed by atoms with Gasteiger partial charge in [0.25, 0.3) is 0 Å². The normalized spacial score (nSPS) is 19.0. The standard InChI is InChI=1S/C18H25N3O4S/c1-14-12-20(9-10-21(14)17(22)25-18(2,3)4)26(23,24)13-16-8-6-5-7-15(16)11-19/h5-8,14H,9-10,12-13H2,1-4H3. The second-order valence-corrected chi connectivity index (χ2v) is 9.37. The number of hydrogen-bond acceptors (Lipinski definition) is 5. The van der Waals surface area contributed by atoms with E-state index in [0.717, 1.165) is 0 Å². The average Bonchev–Trinajstić information content (AvgIpc) is 2.53. The highest BCUT2D eigenvalue weighted by molar-refractivity contribution is 7.88. The van der Waals surface area contributed by atoms with Crippen molar-refractivity contribution in [3.8, 4) is 6.07 Å². The van der Waals surface area contributed by atoms with E-state index in [-0.39, 0.29) is 31.4 Å². The maximum absolute atomic E-state index is 12.8. The van der Waals surface area contributed by atoms with E-state index in [1.807, 2.05) is 6.07 Å². The molecular weight excluding hydrogens is 354 g/mol. The van der Waals surface area contributed by atoms with Crippen LogP contribution in [0.15, 0.2) is 24.3 Å². The summed E-state index contributed by atoms with van der Waals surface area (Å²) in [5.74, 6) is -0.226. The second-order valence-electron chi connectivity index (χ2n) is 7.41. The summed E-state index contributed by atoms with van der Waals surface area (Å²) >= 11 is 0. The van der Waals surface area contributed by atoms with Crippen LogP contribution in [0.25, 0.3) is 0 Å². The lowest BCUT2D eigenvalue weighted by molar-refractivity contribution is 0.00857. The molecule has 1 amide bonds. The fourth-order valence-corrected chi connectivity index (χ4v) is 4.44. The largest absolute Gasteiger partial charge is 0.444 e. The number of piperazine rings is 1. The number of rotatable bonds is 3. The molecule has 1 aromatic rings. The van der Waals surface area contributed by atoms with Gasteiger partial charge in [0.05, 0.1) is 17.4 Å². The number of hydrogen-bond donors (Lipinski definition) is 0. The molecule has 26 heavy (non-hydrogen) atoms. The molecule has 142 valence electrons. The van der Waals surface area contributed by atoms with E-state index in [2.05, 4.69) is 0 Å². The highest BCUT2D eigenvalue weighted by Crippen LogP contribution is 2.20. The first-order valence-electron chi connectivity index (χ1n) is 8.49. The molecule has 8 heteroatoms. The molecule has 1 aromatic carbocycles. The van der Waals surface area contributed by atoms with Gasteiger partial charge in [0.2, 0.25) is 10.0 Å². The van der Waals surface area contributed by atoms with Gasteiger partial charge in [0, 0.05) is 25.7 Å². The van der Waals surface area contributed by atoms with Crippen LogP contribution in [0, 0.1) is 11.3 Å². The van der Waals surface area contributed by atoms with Gasteiger partial charge >= 0.3 is 6.09 Å². The molecule has 1 saturated heterocycles. The number of nitriles is 1. The highest BCUT2D eigenvalue weighted by atomic mass is 32.2. The summed E-state index contributed by atoms with van der Waals surface area (Å²) in [6, 6.07) is 8.41. The number of benzene rings is 1. The van der Waals surface area contributed by atoms with Crippen LogP contribution in [0.1, 0.15) is 38.8 Å². The van der Waals surface area contributed by atoms with Crippen molar-refractivity contribution in [1.82, 2.24) is 9.21 Å². The molecule has 1 atom stereocenters. The maximum Gasteiger partial charge on any atom is 0.410 e. The molecule has 1 heterocycles. The summed E-state index contributed by atoms with van der Waals surface area (Å²) in [6.07, 6.45) is -0.433. The molecule has 0 spiro atoms. The molecular formula is C18H25N3O4S. The molecule has 0 N–H and O–H groups in total. The molecule has 1 aliphatic heterocycles. The van der Waals surface area contributed by atoms with Gasteiger partial charge in [0.15, 0.2) is 0 Å². The average molecular weight is 379 g/mol. The van der Waals surface area contributed by atoms with Crippen molar-refractivity contribution < 1.29 is 17.9 Å². The van der Waals surface area contributed by atoms with Gasteiger partial charge in [0.1, 0.15) is 5.60 Å². The first kappa shape index (κ1) is 20.2. The van der Waals surface area contributed by atoms with E-state index in [0.29, 0.717) is 11.1 Å². The van der Waals surface area contributed by atoms with Crippen LogP contribution < -0.4 is 0 Å². The Hall–Kier alpha value is -2.11. The molecule has 1 unspecified atom stereocenters. The lowest BCUT2D eigenvalue weighted by atomic mass is 10.1. The number of nitrogens with zero attached hydrogens (tertiary/aromatic N) is 3. The first-order valence-corrected chi connectivity index (χ1v) is 10.1. The lowest BCUT2D eigenvalue weighted by Crippen LogP contribution is -2.56. The smallest absolute Gasteiger partial charge is 0.410 e. The Morgan fingerprint density at radius 2 is 1.96 bits per heavy atom. The predicted molar refractivity (Wildman–Crippen MR) is 97.8 cm³/mol. The Kier molecular flexibility index (Phi) is 5.94. The van der Waals surface area contributed by atoms with Crippen molar-refractivity contribution in [2.75, 3.05) is 19.6 Å². The summed E-state index contributed by atoms with van der Waals surface area (Å²) < 4.78 is 32.3. The van der Waals surface area contributed by atoms with E-state index in [1.54, 1.807) is 56.9 Å². The summed E-state index contributed by atoms with van der Waals surface area (Å²) in [5, 5.41) is 9.14. The zero-order valence-electron chi connectivity index (χ0n) is 15.6. The quantitative estimate of drug-likeness (QED) is 0.804. The van der Waals surface area contributed by atoms with Gasteiger partial charge in [-0.2, -0.15) is 9.57 Å². The van der Waals surface area contributed by atoms with Gasteiger partial charge in [-0.25, -0.2) is 13.2 Å². The molecule has 7 nitrogen and oxygen atoms in total. The number of ether oxygens (including phenoxy) is 1. The predicted octanol–water partition coefficient (Wildman–Crippen LogP) is 2.33. The zero-order chi connectivity index (χ0) is 19.5. The van der Waals surface area contributed by atoms with E-state index in [4.69, 9.17) is 10.00 Å². The van der Waals surface area contributed by atoms with E-state index in [9.17, 15) is 13.2 Å². The summed E-state index contributed by atoms with van der Waals surface area (Å²) in [4.78, 5) is 13.8. The third-order valence-corrected chi connectivity index (χ3v) is 5.88. The Balaban J connectivity index is 2.07. The summed E-state index contributed by atoms with van der Waals surface area (Å²) in [5.41, 5.74) is 0.245. The van der Waals surface area contributed by atoms with Gasteiger partial charge in [-0.05, 0) is 39.3 Å². The third kappa shape index (κ3) is 4.96. The molecule has 2 rings (SSSR count). The number of carbonyl (C=O) groups is 1. The molecule has 0 saturated carbocycles. The molecule has 0 aromatic heterocycles. The van der Waals surface area contributed by atoms with Crippen LogP contribution in [0.5, 0.6) is 0 Å². The topological polar surface area (TPSA) is 90.7 Å². The Bertz CT molecular complexity index is 808. The molecule has 0 aliphatic carbocycles. The van der Waals surface area contributed by atoms with Crippen LogP contribution in [-0.4, -0.2) is 55.0 Å². The van der Waals surface area contributed by atoms with Crippen molar-refractivity contribution in [2.24, 2.45) is 0 Å². The van der Waals surface area contributed by atoms with Crippen LogP contribution >= 0.6 is 0 Å². The van der Waals surface area contributed by atoms with Crippen LogP contribution in [0.4, 0.5) is 4.79 Å². The summed E-state index contributed by atoms with van der Waals surface area (Å²) in [6.45, 7) is 7.87. The Morgan fingerprint density at radius 1 is 1.31 bits per heavy atom. The van der Waals surface area contributed by atoms with Gasteiger partial charge in [-0.15, -0.1) is 0 Å². The first-order chi connectivity index (χ1) is 12.0. The molecule has 0 radical (unpaired) electrons. The summed E-state index contributed by atoms with van der Waals surface area (Å²) in [7, 11) is -3.58. The Morgan fingerprint density at radius 3 is 2.54 bits per heavy atom. The molecule has 0 bridgehead atoms. The SMILES string of the molecule is CC1CN(S(=O)(=O)Cc2ccccc2C#N)CCN1C(=O)OC(C)(C)C. The minimum Gasteiger partial charge on any atom is -0.444 e. The lowest BCUT2D eigenvalue weighted by Gasteiger charge is -2.39. The third-order valence-electron chi connectivity index (χ3n) is 4.09. The number of amides is 1. The van der Waals surface area contributed by atoms with Crippen molar-refractivity contribution in [3.63, 3.8) is 0 Å². The van der Waals surface area contributed by atoms with Crippen LogP contribution in [0.2, 0.25) is 0 Å². The number of carbonyl (C=O) groups excluding carboxylic acids is 1. The van der Waals surface area contributed by atoms with Crippen molar-refractivity contribution >= 4 is 16.1 Å². The minimum absolute atomic E-state index is 0.205. The van der Waals surface area contributed by atoms with E-state index in [1.165, 1.54) is 4.31 Å². The Labute approximate surface area is 155 Å². The fourth-order valence-electron chi connectivity index (χ4n) is 2.81. The molecule has 1 aliphatic rings. The second kappa shape index (κ2) is 7.64. The van der Waals surface area contributed by atoms with Gasteiger partial charge in [-0.3, -0.25) is 0 Å².